The van der Waals surface area contributed by atoms with Crippen molar-refractivity contribution in [2.45, 2.75) is 34.0 Å². The number of nitriles is 1. The number of carbonyl (C=O) groups is 1. The first kappa shape index (κ1) is 31.0. The van der Waals surface area contributed by atoms with E-state index >= 15 is 0 Å². The van der Waals surface area contributed by atoms with Crippen LogP contribution in [0.25, 0.3) is 6.08 Å². The van der Waals surface area contributed by atoms with Gasteiger partial charge in [-0.05, 0) is 79.4 Å². The summed E-state index contributed by atoms with van der Waals surface area (Å²) in [6.07, 6.45) is 1.47. The molecule has 0 aliphatic heterocycles. The topological polar surface area (TPSA) is 89.8 Å². The van der Waals surface area contributed by atoms with E-state index in [0.717, 1.165) is 16.7 Å². The van der Waals surface area contributed by atoms with E-state index in [2.05, 4.69) is 5.32 Å². The van der Waals surface area contributed by atoms with E-state index < -0.39 is 5.91 Å². The zero-order chi connectivity index (χ0) is 30.6. The van der Waals surface area contributed by atoms with Gasteiger partial charge in [-0.15, -0.1) is 0 Å². The van der Waals surface area contributed by atoms with Gasteiger partial charge in [0.15, 0.2) is 23.0 Å². The predicted molar refractivity (Wildman–Crippen MR) is 169 cm³/mol. The minimum absolute atomic E-state index is 0.0755. The van der Waals surface area contributed by atoms with Crippen LogP contribution in [0, 0.1) is 18.3 Å². The van der Waals surface area contributed by atoms with Crippen molar-refractivity contribution in [3.05, 3.63) is 118 Å². The number of para-hydroxylation sites is 1. The lowest BCUT2D eigenvalue weighted by atomic mass is 10.1. The average Bonchev–Trinajstić information content (AvgIpc) is 3.01. The standard InChI is InChI=1S/C35H33ClN2O5/c1-4-40-32-19-26(15-16-31(32)42-22-25-12-7-6-8-13-25)23-43-34-29(36)18-27(20-33(34)41-5-2)17-28(21-37)35(39)38-30-14-10-9-11-24(30)3/h6-20H,4-5,22-23H2,1-3H3,(H,38,39)/b28-17-. The molecule has 4 aromatic carbocycles. The summed E-state index contributed by atoms with van der Waals surface area (Å²) < 4.78 is 23.8. The quantitative estimate of drug-likeness (QED) is 0.124. The molecule has 0 spiro atoms. The van der Waals surface area contributed by atoms with E-state index in [9.17, 15) is 10.1 Å². The molecule has 43 heavy (non-hydrogen) atoms. The third kappa shape index (κ3) is 8.54. The maximum absolute atomic E-state index is 12.8. The van der Waals surface area contributed by atoms with Gasteiger partial charge < -0.3 is 24.3 Å². The molecule has 7 nitrogen and oxygen atoms in total. The number of ether oxygens (including phenoxy) is 4. The van der Waals surface area contributed by atoms with Crippen molar-refractivity contribution in [1.82, 2.24) is 0 Å². The monoisotopic (exact) mass is 596 g/mol. The van der Waals surface area contributed by atoms with Gasteiger partial charge in [-0.1, -0.05) is 66.2 Å². The summed E-state index contributed by atoms with van der Waals surface area (Å²) in [7, 11) is 0. The minimum atomic E-state index is -0.521. The smallest absolute Gasteiger partial charge is 0.266 e. The average molecular weight is 597 g/mol. The number of amides is 1. The number of aryl methyl sites for hydroxylation is 1. The van der Waals surface area contributed by atoms with E-state index in [-0.39, 0.29) is 17.2 Å². The third-order valence-corrected chi connectivity index (χ3v) is 6.61. The highest BCUT2D eigenvalue weighted by molar-refractivity contribution is 6.32. The van der Waals surface area contributed by atoms with Crippen molar-refractivity contribution in [3.8, 4) is 29.1 Å². The minimum Gasteiger partial charge on any atom is -0.490 e. The van der Waals surface area contributed by atoms with Gasteiger partial charge in [0.25, 0.3) is 5.91 Å². The Bertz CT molecular complexity index is 1630. The Morgan fingerprint density at radius 3 is 2.23 bits per heavy atom. The number of anilines is 1. The van der Waals surface area contributed by atoms with Crippen molar-refractivity contribution in [3.63, 3.8) is 0 Å². The highest BCUT2D eigenvalue weighted by Crippen LogP contribution is 2.38. The molecule has 0 unspecified atom stereocenters. The maximum atomic E-state index is 12.8. The number of hydrogen-bond acceptors (Lipinski definition) is 6. The molecule has 0 saturated heterocycles. The Hall–Kier alpha value is -4.93. The lowest BCUT2D eigenvalue weighted by molar-refractivity contribution is -0.112. The van der Waals surface area contributed by atoms with Gasteiger partial charge in [0.05, 0.1) is 18.2 Å². The van der Waals surface area contributed by atoms with Crippen LogP contribution >= 0.6 is 11.6 Å². The summed E-state index contributed by atoms with van der Waals surface area (Å²) in [5.41, 5.74) is 3.87. The number of nitrogens with one attached hydrogen (secondary N) is 1. The van der Waals surface area contributed by atoms with Crippen LogP contribution in [0.15, 0.2) is 90.5 Å². The first-order valence-corrected chi connectivity index (χ1v) is 14.3. The van der Waals surface area contributed by atoms with Crippen LogP contribution in [0.4, 0.5) is 5.69 Å². The Labute approximate surface area is 257 Å². The van der Waals surface area contributed by atoms with Crippen LogP contribution in [-0.4, -0.2) is 19.1 Å². The summed E-state index contributed by atoms with van der Waals surface area (Å²) in [6.45, 7) is 7.10. The fourth-order valence-corrected chi connectivity index (χ4v) is 4.49. The molecule has 0 aliphatic rings. The van der Waals surface area contributed by atoms with Gasteiger partial charge in [0.1, 0.15) is 24.9 Å². The van der Waals surface area contributed by atoms with Crippen LogP contribution in [0.2, 0.25) is 5.02 Å². The van der Waals surface area contributed by atoms with Gasteiger partial charge >= 0.3 is 0 Å². The van der Waals surface area contributed by atoms with Gasteiger partial charge in [0.2, 0.25) is 0 Å². The fraction of sp³-hybridized carbons (Fsp3) is 0.200. The summed E-state index contributed by atoms with van der Waals surface area (Å²) in [5, 5.41) is 12.8. The van der Waals surface area contributed by atoms with E-state index in [1.54, 1.807) is 18.2 Å². The molecule has 4 rings (SSSR count). The van der Waals surface area contributed by atoms with Crippen molar-refractivity contribution in [2.75, 3.05) is 18.5 Å². The molecule has 4 aromatic rings. The molecule has 0 atom stereocenters. The SMILES string of the molecule is CCOc1cc(COc2c(Cl)cc(/C=C(/C#N)C(=O)Nc3ccccc3C)cc2OCC)ccc1OCc1ccccc1. The largest absolute Gasteiger partial charge is 0.490 e. The molecule has 0 aliphatic carbocycles. The van der Waals surface area contributed by atoms with Crippen molar-refractivity contribution >= 4 is 29.3 Å². The number of hydrogen-bond donors (Lipinski definition) is 1. The highest BCUT2D eigenvalue weighted by atomic mass is 35.5. The van der Waals surface area contributed by atoms with Crippen molar-refractivity contribution < 1.29 is 23.7 Å². The first-order valence-electron chi connectivity index (χ1n) is 13.9. The number of benzene rings is 4. The molecule has 8 heteroatoms. The molecular weight excluding hydrogens is 564 g/mol. The van der Waals surface area contributed by atoms with Gasteiger partial charge in [0, 0.05) is 5.69 Å². The summed E-state index contributed by atoms with van der Waals surface area (Å²) in [4.78, 5) is 12.8. The second-order valence-corrected chi connectivity index (χ2v) is 9.89. The molecule has 0 aromatic heterocycles. The molecule has 1 amide bonds. The van der Waals surface area contributed by atoms with Crippen molar-refractivity contribution in [1.29, 1.82) is 5.26 Å². The Morgan fingerprint density at radius 2 is 1.51 bits per heavy atom. The third-order valence-electron chi connectivity index (χ3n) is 6.33. The molecule has 0 heterocycles. The van der Waals surface area contributed by atoms with Crippen LogP contribution in [-0.2, 0) is 18.0 Å². The lowest BCUT2D eigenvalue weighted by Crippen LogP contribution is -2.14. The Kier molecular flexibility index (Phi) is 11.1. The molecule has 0 bridgehead atoms. The molecular formula is C35H33ClN2O5. The van der Waals surface area contributed by atoms with Gasteiger partial charge in [-0.2, -0.15) is 5.26 Å². The highest BCUT2D eigenvalue weighted by Gasteiger charge is 2.16. The fourth-order valence-electron chi connectivity index (χ4n) is 4.21. The number of halogens is 1. The molecule has 1 N–H and O–H groups in total. The molecule has 0 saturated carbocycles. The number of carbonyl (C=O) groups excluding carboxylic acids is 1. The van der Waals surface area contributed by atoms with Crippen molar-refractivity contribution in [2.24, 2.45) is 0 Å². The molecule has 0 radical (unpaired) electrons. The summed E-state index contributed by atoms with van der Waals surface area (Å²) in [5.74, 6) is 1.48. The van der Waals surface area contributed by atoms with E-state index in [0.29, 0.717) is 54.1 Å². The van der Waals surface area contributed by atoms with Crippen LogP contribution < -0.4 is 24.3 Å². The van der Waals surface area contributed by atoms with Gasteiger partial charge in [-0.25, -0.2) is 0 Å². The molecule has 0 fully saturated rings. The summed E-state index contributed by atoms with van der Waals surface area (Å²) in [6, 6.07) is 28.2. The predicted octanol–water partition coefficient (Wildman–Crippen LogP) is 8.15. The van der Waals surface area contributed by atoms with E-state index in [4.69, 9.17) is 30.5 Å². The Morgan fingerprint density at radius 1 is 0.814 bits per heavy atom. The van der Waals surface area contributed by atoms with Crippen LogP contribution in [0.3, 0.4) is 0 Å². The lowest BCUT2D eigenvalue weighted by Gasteiger charge is -2.16. The van der Waals surface area contributed by atoms with E-state index in [1.165, 1.54) is 6.08 Å². The maximum Gasteiger partial charge on any atom is 0.266 e. The van der Waals surface area contributed by atoms with Gasteiger partial charge in [-0.3, -0.25) is 4.79 Å². The Balaban J connectivity index is 1.51. The normalized spacial score (nSPS) is 10.9. The second kappa shape index (κ2) is 15.3. The number of nitrogens with zero attached hydrogens (tertiary/aromatic N) is 1. The molecule has 220 valence electrons. The zero-order valence-corrected chi connectivity index (χ0v) is 25.1. The first-order chi connectivity index (χ1) is 20.9. The second-order valence-electron chi connectivity index (χ2n) is 9.48. The van der Waals surface area contributed by atoms with E-state index in [1.807, 2.05) is 93.6 Å². The zero-order valence-electron chi connectivity index (χ0n) is 24.4. The van der Waals surface area contributed by atoms with Crippen LogP contribution in [0.5, 0.6) is 23.0 Å². The number of rotatable bonds is 13. The summed E-state index contributed by atoms with van der Waals surface area (Å²) >= 11 is 6.64. The van der Waals surface area contributed by atoms with Crippen LogP contribution in [0.1, 0.15) is 36.1 Å².